The van der Waals surface area contributed by atoms with Crippen LogP contribution in [0.2, 0.25) is 0 Å². The highest BCUT2D eigenvalue weighted by atomic mass is 16.2. The second-order valence-corrected chi connectivity index (χ2v) is 8.63. The van der Waals surface area contributed by atoms with E-state index in [1.54, 1.807) is 6.92 Å². The molecule has 2 bridgehead atoms. The van der Waals surface area contributed by atoms with Crippen molar-refractivity contribution in [3.8, 4) is 0 Å². The van der Waals surface area contributed by atoms with Gasteiger partial charge in [0.25, 0.3) is 0 Å². The fraction of sp³-hybridized carbons (Fsp3) is 0.500. The van der Waals surface area contributed by atoms with Crippen molar-refractivity contribution in [1.82, 2.24) is 4.90 Å². The molecule has 27 heavy (non-hydrogen) atoms. The average Bonchev–Trinajstić information content (AvgIpc) is 3.42. The number of nitrogens with one attached hydrogen (secondary N) is 1. The van der Waals surface area contributed by atoms with Gasteiger partial charge in [0.15, 0.2) is 0 Å². The van der Waals surface area contributed by atoms with E-state index in [1.807, 2.05) is 32.0 Å². The highest BCUT2D eigenvalue weighted by Gasteiger charge is 2.67. The Balaban J connectivity index is 1.40. The van der Waals surface area contributed by atoms with E-state index < -0.39 is 6.04 Å². The maximum atomic E-state index is 13.1. The van der Waals surface area contributed by atoms with Crippen LogP contribution >= 0.6 is 0 Å². The molecule has 140 valence electrons. The number of allylic oxidation sites excluding steroid dienone is 2. The molecule has 1 N–H and O–H groups in total. The number of hydrogen-bond donors (Lipinski definition) is 1. The minimum atomic E-state index is -0.801. The van der Waals surface area contributed by atoms with E-state index in [4.69, 9.17) is 0 Å². The van der Waals surface area contributed by atoms with Crippen molar-refractivity contribution < 1.29 is 14.4 Å². The summed E-state index contributed by atoms with van der Waals surface area (Å²) in [6, 6.07) is 5.01. The molecule has 1 aromatic carbocycles. The van der Waals surface area contributed by atoms with Crippen LogP contribution in [0.15, 0.2) is 30.4 Å². The summed E-state index contributed by atoms with van der Waals surface area (Å²) in [5.41, 5.74) is 2.69. The Morgan fingerprint density at radius 3 is 2.07 bits per heavy atom. The average molecular weight is 364 g/mol. The normalized spacial score (nSPS) is 36.5. The van der Waals surface area contributed by atoms with Gasteiger partial charge in [-0.1, -0.05) is 30.4 Å². The molecule has 4 aliphatic carbocycles. The van der Waals surface area contributed by atoms with E-state index in [9.17, 15) is 14.4 Å². The zero-order valence-corrected chi connectivity index (χ0v) is 15.8. The first kappa shape index (κ1) is 16.7. The predicted octanol–water partition coefficient (Wildman–Crippen LogP) is 2.68. The van der Waals surface area contributed by atoms with Gasteiger partial charge in [-0.05, 0) is 62.0 Å². The number of imide groups is 1. The molecule has 1 saturated heterocycles. The lowest BCUT2D eigenvalue weighted by Crippen LogP contribution is -2.46. The first-order valence-electron chi connectivity index (χ1n) is 9.82. The maximum absolute atomic E-state index is 13.1. The van der Waals surface area contributed by atoms with Gasteiger partial charge in [0.05, 0.1) is 11.8 Å². The van der Waals surface area contributed by atoms with Crippen LogP contribution in [0, 0.1) is 49.4 Å². The van der Waals surface area contributed by atoms with Crippen LogP contribution < -0.4 is 5.32 Å². The van der Waals surface area contributed by atoms with E-state index in [0.717, 1.165) is 23.2 Å². The lowest BCUT2D eigenvalue weighted by Gasteiger charge is -2.37. The summed E-state index contributed by atoms with van der Waals surface area (Å²) in [5.74, 6) is 0.364. The van der Waals surface area contributed by atoms with Gasteiger partial charge in [0.2, 0.25) is 17.7 Å². The molecule has 2 saturated carbocycles. The van der Waals surface area contributed by atoms with Gasteiger partial charge in [-0.2, -0.15) is 0 Å². The Morgan fingerprint density at radius 2 is 1.56 bits per heavy atom. The molecular formula is C22H24N2O3. The van der Waals surface area contributed by atoms with Crippen molar-refractivity contribution in [2.24, 2.45) is 35.5 Å². The van der Waals surface area contributed by atoms with Crippen molar-refractivity contribution >= 4 is 23.4 Å². The Labute approximate surface area is 158 Å². The van der Waals surface area contributed by atoms with Crippen molar-refractivity contribution in [3.63, 3.8) is 0 Å². The lowest BCUT2D eigenvalue weighted by atomic mass is 9.63. The van der Waals surface area contributed by atoms with E-state index in [1.165, 1.54) is 4.90 Å². The number of aryl methyl sites for hydroxylation is 2. The van der Waals surface area contributed by atoms with Crippen molar-refractivity contribution in [2.45, 2.75) is 33.2 Å². The molecule has 0 radical (unpaired) electrons. The van der Waals surface area contributed by atoms with Gasteiger partial charge in [-0.25, -0.2) is 0 Å². The van der Waals surface area contributed by atoms with Crippen LogP contribution in [0.4, 0.5) is 5.69 Å². The summed E-state index contributed by atoms with van der Waals surface area (Å²) in [5, 5.41) is 2.93. The number of carbonyl (C=O) groups is 3. The highest BCUT2D eigenvalue weighted by Crippen LogP contribution is 2.65. The molecule has 0 unspecified atom stereocenters. The molecule has 3 amide bonds. The van der Waals surface area contributed by atoms with Gasteiger partial charge in [-0.3, -0.25) is 19.3 Å². The summed E-state index contributed by atoms with van der Waals surface area (Å²) in [6.07, 6.45) is 5.44. The molecule has 0 aromatic heterocycles. The second kappa shape index (κ2) is 5.54. The number of nitrogens with zero attached hydrogens (tertiary/aromatic N) is 1. The number of likely N-dealkylation sites (tertiary alicyclic amines) is 1. The summed E-state index contributed by atoms with van der Waals surface area (Å²) >= 11 is 0. The molecule has 6 rings (SSSR count). The molecule has 0 spiro atoms. The molecule has 5 aliphatic rings. The fourth-order valence-corrected chi connectivity index (χ4v) is 5.72. The van der Waals surface area contributed by atoms with E-state index >= 15 is 0 Å². The van der Waals surface area contributed by atoms with Crippen LogP contribution in [0.1, 0.15) is 24.5 Å². The third-order valence-corrected chi connectivity index (χ3v) is 7.19. The molecule has 7 atom stereocenters. The Hall–Kier alpha value is -2.43. The third kappa shape index (κ3) is 2.20. The monoisotopic (exact) mass is 364 g/mol. The van der Waals surface area contributed by atoms with Crippen molar-refractivity contribution in [3.05, 3.63) is 41.5 Å². The molecule has 1 aliphatic heterocycles. The summed E-state index contributed by atoms with van der Waals surface area (Å²) in [6.45, 7) is 5.53. The molecular weight excluding hydrogens is 340 g/mol. The SMILES string of the molecule is Cc1cccc(C)c1NC(=O)[C@H](C)N1C(=O)[C@@H]2[C@H]3C=C[C@@H]([C@@H]4C[C@H]34)[C@H]2C1=O. The van der Waals surface area contributed by atoms with Gasteiger partial charge in [-0.15, -0.1) is 0 Å². The van der Waals surface area contributed by atoms with Crippen LogP contribution in [0.25, 0.3) is 0 Å². The Bertz CT molecular complexity index is 849. The first-order valence-corrected chi connectivity index (χ1v) is 9.82. The second-order valence-electron chi connectivity index (χ2n) is 8.63. The van der Waals surface area contributed by atoms with Crippen LogP contribution in [-0.2, 0) is 14.4 Å². The number of rotatable bonds is 3. The highest BCUT2D eigenvalue weighted by molar-refractivity contribution is 6.10. The lowest BCUT2D eigenvalue weighted by molar-refractivity contribution is -0.146. The van der Waals surface area contributed by atoms with E-state index in [0.29, 0.717) is 11.8 Å². The number of benzene rings is 1. The van der Waals surface area contributed by atoms with Crippen LogP contribution in [-0.4, -0.2) is 28.7 Å². The molecule has 1 aromatic rings. The van der Waals surface area contributed by atoms with Crippen LogP contribution in [0.3, 0.4) is 0 Å². The van der Waals surface area contributed by atoms with Gasteiger partial charge in [0, 0.05) is 5.69 Å². The summed E-state index contributed by atoms with van der Waals surface area (Å²) in [4.78, 5) is 40.4. The van der Waals surface area contributed by atoms with Crippen LogP contribution in [0.5, 0.6) is 0 Å². The fourth-order valence-electron chi connectivity index (χ4n) is 5.72. The molecule has 5 heteroatoms. The van der Waals surface area contributed by atoms with Crippen molar-refractivity contribution in [2.75, 3.05) is 5.32 Å². The predicted molar refractivity (Wildman–Crippen MR) is 101 cm³/mol. The summed E-state index contributed by atoms with van der Waals surface area (Å²) < 4.78 is 0. The standard InChI is InChI=1S/C22H24N2O3/c1-10-5-4-6-11(2)19(10)23-20(25)12(3)24-21(26)17-13-7-8-14(16-9-15(13)16)18(17)22(24)27/h4-8,12-18H,9H2,1-3H3,(H,23,25)/t12-,13-,14-,15-,16+,17+,18+/m0/s1. The number of para-hydroxylation sites is 1. The van der Waals surface area contributed by atoms with E-state index in [-0.39, 0.29) is 41.4 Å². The van der Waals surface area contributed by atoms with Gasteiger partial charge >= 0.3 is 0 Å². The minimum absolute atomic E-state index is 0.154. The number of hydrogen-bond acceptors (Lipinski definition) is 3. The first-order chi connectivity index (χ1) is 12.9. The Morgan fingerprint density at radius 1 is 1.04 bits per heavy atom. The largest absolute Gasteiger partial charge is 0.324 e. The number of anilines is 1. The van der Waals surface area contributed by atoms with E-state index in [2.05, 4.69) is 17.5 Å². The number of amides is 3. The zero-order chi connectivity index (χ0) is 19.0. The molecule has 3 fully saturated rings. The molecule has 5 nitrogen and oxygen atoms in total. The summed E-state index contributed by atoms with van der Waals surface area (Å²) in [7, 11) is 0. The topological polar surface area (TPSA) is 66.5 Å². The maximum Gasteiger partial charge on any atom is 0.247 e. The third-order valence-electron chi connectivity index (χ3n) is 7.19. The Kier molecular flexibility index (Phi) is 3.43. The smallest absolute Gasteiger partial charge is 0.247 e. The van der Waals surface area contributed by atoms with Gasteiger partial charge < -0.3 is 5.32 Å². The molecule has 1 heterocycles. The van der Waals surface area contributed by atoms with Gasteiger partial charge in [0.1, 0.15) is 6.04 Å². The number of carbonyl (C=O) groups excluding carboxylic acids is 3. The quantitative estimate of drug-likeness (QED) is 0.662. The zero-order valence-electron chi connectivity index (χ0n) is 15.8. The van der Waals surface area contributed by atoms with Crippen molar-refractivity contribution in [1.29, 1.82) is 0 Å². The minimum Gasteiger partial charge on any atom is -0.324 e.